The van der Waals surface area contributed by atoms with Crippen LogP contribution in [0.3, 0.4) is 0 Å². The summed E-state index contributed by atoms with van der Waals surface area (Å²) in [5, 5.41) is 0. The highest BCUT2D eigenvalue weighted by Crippen LogP contribution is 2.29. The highest BCUT2D eigenvalue weighted by Gasteiger charge is 2.14. The Balaban J connectivity index is 1.66. The van der Waals surface area contributed by atoms with Gasteiger partial charge in [0.15, 0.2) is 0 Å². The van der Waals surface area contributed by atoms with Crippen LogP contribution in [0.2, 0.25) is 0 Å². The Kier molecular flexibility index (Phi) is 3.06. The predicted octanol–water partition coefficient (Wildman–Crippen LogP) is 3.20. The summed E-state index contributed by atoms with van der Waals surface area (Å²) < 4.78 is 15.5. The first-order valence-corrected chi connectivity index (χ1v) is 6.02. The molecule has 4 heteroatoms. The standard InChI is InChI=1S/C15H12O4/c16-15(18-12-4-2-1-3-5-12)19-13-7-6-11-8-9-17-14(11)10-13/h1-7,10H,8-9H2. The van der Waals surface area contributed by atoms with Crippen LogP contribution >= 0.6 is 0 Å². The van der Waals surface area contributed by atoms with Gasteiger partial charge in [-0.2, -0.15) is 0 Å². The van der Waals surface area contributed by atoms with E-state index in [1.807, 2.05) is 12.1 Å². The molecule has 0 atom stereocenters. The lowest BCUT2D eigenvalue weighted by molar-refractivity contribution is 0.152. The molecule has 4 nitrogen and oxygen atoms in total. The van der Waals surface area contributed by atoms with E-state index in [0.29, 0.717) is 18.1 Å². The van der Waals surface area contributed by atoms with Crippen LogP contribution in [-0.4, -0.2) is 12.8 Å². The van der Waals surface area contributed by atoms with Crippen LogP contribution in [0, 0.1) is 0 Å². The Morgan fingerprint density at radius 2 is 1.79 bits per heavy atom. The molecule has 0 spiro atoms. The van der Waals surface area contributed by atoms with Crippen molar-refractivity contribution in [2.24, 2.45) is 0 Å². The monoisotopic (exact) mass is 256 g/mol. The first-order chi connectivity index (χ1) is 9.31. The average Bonchev–Trinajstić information content (AvgIpc) is 2.87. The van der Waals surface area contributed by atoms with Crippen LogP contribution in [0.15, 0.2) is 48.5 Å². The van der Waals surface area contributed by atoms with E-state index in [0.717, 1.165) is 17.7 Å². The number of ether oxygens (including phenoxy) is 3. The molecule has 2 aromatic carbocycles. The van der Waals surface area contributed by atoms with Crippen LogP contribution in [0.4, 0.5) is 4.79 Å². The average molecular weight is 256 g/mol. The minimum absolute atomic E-state index is 0.418. The number of fused-ring (bicyclic) bond motifs is 1. The van der Waals surface area contributed by atoms with Gasteiger partial charge in [-0.3, -0.25) is 0 Å². The van der Waals surface area contributed by atoms with Gasteiger partial charge in [-0.25, -0.2) is 4.79 Å². The molecule has 0 saturated carbocycles. The summed E-state index contributed by atoms with van der Waals surface area (Å²) in [4.78, 5) is 11.6. The highest BCUT2D eigenvalue weighted by molar-refractivity contribution is 5.67. The molecular weight excluding hydrogens is 244 g/mol. The topological polar surface area (TPSA) is 44.8 Å². The van der Waals surface area contributed by atoms with Crippen molar-refractivity contribution in [1.29, 1.82) is 0 Å². The van der Waals surface area contributed by atoms with Crippen molar-refractivity contribution < 1.29 is 19.0 Å². The minimum atomic E-state index is -0.760. The molecule has 0 N–H and O–H groups in total. The van der Waals surface area contributed by atoms with Crippen molar-refractivity contribution in [3.63, 3.8) is 0 Å². The van der Waals surface area contributed by atoms with Crippen molar-refractivity contribution in [2.45, 2.75) is 6.42 Å². The molecule has 1 aliphatic rings. The van der Waals surface area contributed by atoms with E-state index in [4.69, 9.17) is 14.2 Å². The van der Waals surface area contributed by atoms with Gasteiger partial charge in [-0.05, 0) is 23.8 Å². The Hall–Kier alpha value is -2.49. The maximum Gasteiger partial charge on any atom is 0.519 e. The zero-order valence-corrected chi connectivity index (χ0v) is 10.2. The number of hydrogen-bond acceptors (Lipinski definition) is 4. The van der Waals surface area contributed by atoms with Gasteiger partial charge >= 0.3 is 6.16 Å². The van der Waals surface area contributed by atoms with E-state index in [9.17, 15) is 4.79 Å². The molecule has 0 fully saturated rings. The second-order valence-electron chi connectivity index (χ2n) is 4.14. The van der Waals surface area contributed by atoms with Crippen LogP contribution in [0.5, 0.6) is 17.2 Å². The molecule has 0 aliphatic carbocycles. The molecule has 1 aliphatic heterocycles. The van der Waals surface area contributed by atoms with E-state index in [1.165, 1.54) is 0 Å². The number of para-hydroxylation sites is 1. The van der Waals surface area contributed by atoms with Crippen molar-refractivity contribution in [2.75, 3.05) is 6.61 Å². The lowest BCUT2D eigenvalue weighted by Gasteiger charge is -2.06. The van der Waals surface area contributed by atoms with Crippen molar-refractivity contribution in [1.82, 2.24) is 0 Å². The molecule has 0 radical (unpaired) electrons. The number of carbonyl (C=O) groups excluding carboxylic acids is 1. The van der Waals surface area contributed by atoms with Crippen molar-refractivity contribution >= 4 is 6.16 Å². The smallest absolute Gasteiger partial charge is 0.493 e. The molecule has 0 amide bonds. The highest BCUT2D eigenvalue weighted by atomic mass is 16.7. The Morgan fingerprint density at radius 1 is 1.00 bits per heavy atom. The molecule has 3 rings (SSSR count). The molecule has 19 heavy (non-hydrogen) atoms. The number of carbonyl (C=O) groups is 1. The summed E-state index contributed by atoms with van der Waals surface area (Å²) in [6.45, 7) is 0.674. The molecule has 2 aromatic rings. The molecule has 96 valence electrons. The van der Waals surface area contributed by atoms with Gasteiger partial charge in [0.05, 0.1) is 6.61 Å². The maximum atomic E-state index is 11.6. The van der Waals surface area contributed by atoms with Crippen molar-refractivity contribution in [3.05, 3.63) is 54.1 Å². The normalized spacial score (nSPS) is 12.4. The summed E-state index contributed by atoms with van der Waals surface area (Å²) in [7, 11) is 0. The van der Waals surface area contributed by atoms with Crippen LogP contribution < -0.4 is 14.2 Å². The van der Waals surface area contributed by atoms with Crippen LogP contribution in [-0.2, 0) is 6.42 Å². The minimum Gasteiger partial charge on any atom is -0.493 e. The summed E-state index contributed by atoms with van der Waals surface area (Å²) in [5.41, 5.74) is 1.13. The van der Waals surface area contributed by atoms with Gasteiger partial charge in [-0.15, -0.1) is 0 Å². The van der Waals surface area contributed by atoms with Gasteiger partial charge in [0.1, 0.15) is 17.2 Å². The van der Waals surface area contributed by atoms with Gasteiger partial charge in [0, 0.05) is 12.5 Å². The molecule has 0 aromatic heterocycles. The van der Waals surface area contributed by atoms with Crippen LogP contribution in [0.1, 0.15) is 5.56 Å². The van der Waals surface area contributed by atoms with Gasteiger partial charge in [-0.1, -0.05) is 24.3 Å². The fraction of sp³-hybridized carbons (Fsp3) is 0.133. The zero-order valence-electron chi connectivity index (χ0n) is 10.2. The third-order valence-corrected chi connectivity index (χ3v) is 2.81. The Morgan fingerprint density at radius 3 is 2.63 bits per heavy atom. The Bertz CT molecular complexity index is 592. The third kappa shape index (κ3) is 2.68. The summed E-state index contributed by atoms with van der Waals surface area (Å²) in [6.07, 6.45) is 0.133. The number of rotatable bonds is 2. The fourth-order valence-corrected chi connectivity index (χ4v) is 1.91. The summed E-state index contributed by atoms with van der Waals surface area (Å²) in [6, 6.07) is 14.1. The fourth-order valence-electron chi connectivity index (χ4n) is 1.91. The molecule has 0 unspecified atom stereocenters. The number of benzene rings is 2. The summed E-state index contributed by atoms with van der Waals surface area (Å²) in [5.74, 6) is 1.64. The van der Waals surface area contributed by atoms with E-state index < -0.39 is 6.16 Å². The maximum absolute atomic E-state index is 11.6. The van der Waals surface area contributed by atoms with E-state index in [2.05, 4.69) is 0 Å². The quantitative estimate of drug-likeness (QED) is 0.611. The lowest BCUT2D eigenvalue weighted by atomic mass is 10.2. The van der Waals surface area contributed by atoms with Crippen molar-refractivity contribution in [3.8, 4) is 17.2 Å². The largest absolute Gasteiger partial charge is 0.519 e. The lowest BCUT2D eigenvalue weighted by Crippen LogP contribution is -2.13. The van der Waals surface area contributed by atoms with Gasteiger partial charge < -0.3 is 14.2 Å². The molecule has 1 heterocycles. The zero-order chi connectivity index (χ0) is 13.1. The van der Waals surface area contributed by atoms with E-state index in [1.54, 1.807) is 36.4 Å². The first kappa shape index (κ1) is 11.6. The number of hydrogen-bond donors (Lipinski definition) is 0. The second kappa shape index (κ2) is 5.02. The van der Waals surface area contributed by atoms with Crippen LogP contribution in [0.25, 0.3) is 0 Å². The van der Waals surface area contributed by atoms with E-state index in [-0.39, 0.29) is 0 Å². The second-order valence-corrected chi connectivity index (χ2v) is 4.14. The SMILES string of the molecule is O=C(Oc1ccccc1)Oc1ccc2c(c1)OCC2. The summed E-state index contributed by atoms with van der Waals surface area (Å²) >= 11 is 0. The Labute approximate surface area is 110 Å². The predicted molar refractivity (Wildman–Crippen MR) is 68.7 cm³/mol. The van der Waals surface area contributed by atoms with E-state index >= 15 is 0 Å². The van der Waals surface area contributed by atoms with Gasteiger partial charge in [0.2, 0.25) is 0 Å². The molecule has 0 saturated heterocycles. The molecule has 0 bridgehead atoms. The first-order valence-electron chi connectivity index (χ1n) is 6.02. The third-order valence-electron chi connectivity index (χ3n) is 2.81. The molecular formula is C15H12O4. The van der Waals surface area contributed by atoms with Gasteiger partial charge in [0.25, 0.3) is 0 Å².